The number of sulfonamides is 1. The van der Waals surface area contributed by atoms with E-state index in [0.29, 0.717) is 6.07 Å². The topological polar surface area (TPSA) is 66.5 Å². The molecule has 1 N–H and O–H groups in total. The first kappa shape index (κ1) is 23.8. The van der Waals surface area contributed by atoms with E-state index in [1.807, 2.05) is 0 Å². The van der Waals surface area contributed by atoms with E-state index < -0.39 is 49.3 Å². The van der Waals surface area contributed by atoms with Crippen LogP contribution in [-0.2, 0) is 21.0 Å². The molecule has 2 aromatic rings. The van der Waals surface area contributed by atoms with Gasteiger partial charge in [-0.05, 0) is 49.2 Å². The number of carbonyl (C=O) groups excluding carboxylic acids is 1. The summed E-state index contributed by atoms with van der Waals surface area (Å²) in [6.45, 7) is -0.152. The van der Waals surface area contributed by atoms with Gasteiger partial charge in [-0.1, -0.05) is 23.2 Å². The van der Waals surface area contributed by atoms with Crippen molar-refractivity contribution in [2.45, 2.75) is 23.9 Å². The number of alkyl halides is 3. The molecule has 0 atom stereocenters. The van der Waals surface area contributed by atoms with Gasteiger partial charge in [0.05, 0.1) is 21.2 Å². The van der Waals surface area contributed by atoms with E-state index in [1.165, 1.54) is 12.1 Å². The van der Waals surface area contributed by atoms with E-state index in [0.717, 1.165) is 22.5 Å². The molecule has 1 aliphatic heterocycles. The zero-order valence-corrected chi connectivity index (χ0v) is 18.0. The van der Waals surface area contributed by atoms with Crippen LogP contribution < -0.4 is 5.32 Å². The smallest absolute Gasteiger partial charge is 0.323 e. The highest BCUT2D eigenvalue weighted by Crippen LogP contribution is 2.37. The van der Waals surface area contributed by atoms with Crippen molar-refractivity contribution < 1.29 is 30.8 Å². The number of piperidine rings is 1. The second-order valence-electron chi connectivity index (χ2n) is 6.93. The third-order valence-electron chi connectivity index (χ3n) is 4.89. The fraction of sp³-hybridized carbons (Fsp3) is 0.316. The molecule has 1 heterocycles. The molecule has 3 rings (SSSR count). The second kappa shape index (κ2) is 8.93. The molecular formula is C19H16Cl2F4N2O3S. The van der Waals surface area contributed by atoms with E-state index in [-0.39, 0.29) is 36.6 Å². The predicted octanol–water partition coefficient (Wildman–Crippen LogP) is 5.19. The normalized spacial score (nSPS) is 16.3. The molecule has 0 spiro atoms. The van der Waals surface area contributed by atoms with Crippen LogP contribution in [0, 0.1) is 11.7 Å². The van der Waals surface area contributed by atoms with Gasteiger partial charge in [0, 0.05) is 24.0 Å². The van der Waals surface area contributed by atoms with E-state index in [2.05, 4.69) is 5.32 Å². The van der Waals surface area contributed by atoms with E-state index >= 15 is 0 Å². The highest BCUT2D eigenvalue weighted by atomic mass is 35.5. The van der Waals surface area contributed by atoms with Gasteiger partial charge in [-0.25, -0.2) is 12.8 Å². The molecule has 1 aliphatic rings. The van der Waals surface area contributed by atoms with Gasteiger partial charge in [-0.3, -0.25) is 4.79 Å². The molecule has 5 nitrogen and oxygen atoms in total. The lowest BCUT2D eigenvalue weighted by molar-refractivity contribution is -0.137. The number of benzene rings is 2. The molecule has 168 valence electrons. The summed E-state index contributed by atoms with van der Waals surface area (Å²) in [5.41, 5.74) is -1.29. The van der Waals surface area contributed by atoms with Crippen LogP contribution in [0.3, 0.4) is 0 Å². The number of nitrogens with one attached hydrogen (secondary N) is 1. The third kappa shape index (κ3) is 5.31. The third-order valence-corrected chi connectivity index (χ3v) is 7.35. The van der Waals surface area contributed by atoms with E-state index in [4.69, 9.17) is 23.2 Å². The first-order valence-corrected chi connectivity index (χ1v) is 11.2. The molecule has 31 heavy (non-hydrogen) atoms. The summed E-state index contributed by atoms with van der Waals surface area (Å²) < 4.78 is 79.6. The molecule has 12 heteroatoms. The monoisotopic (exact) mass is 498 g/mol. The Morgan fingerprint density at radius 3 is 2.29 bits per heavy atom. The summed E-state index contributed by atoms with van der Waals surface area (Å²) in [6.07, 6.45) is -4.55. The van der Waals surface area contributed by atoms with Crippen LogP contribution in [0.1, 0.15) is 18.4 Å². The number of anilines is 1. The zero-order valence-electron chi connectivity index (χ0n) is 15.7. The molecule has 1 fully saturated rings. The number of rotatable bonds is 4. The van der Waals surface area contributed by atoms with Crippen LogP contribution in [0.5, 0.6) is 0 Å². The van der Waals surface area contributed by atoms with Crippen molar-refractivity contribution in [2.75, 3.05) is 18.4 Å². The number of amides is 1. The Bertz CT molecular complexity index is 1100. The molecule has 0 bridgehead atoms. The minimum absolute atomic E-state index is 0.0507. The second-order valence-corrected chi connectivity index (χ2v) is 9.71. The van der Waals surface area contributed by atoms with Crippen molar-refractivity contribution in [2.24, 2.45) is 5.92 Å². The summed E-state index contributed by atoms with van der Waals surface area (Å²) in [5, 5.41) is 2.01. The highest BCUT2D eigenvalue weighted by Gasteiger charge is 2.37. The summed E-state index contributed by atoms with van der Waals surface area (Å²) in [4.78, 5) is 11.9. The van der Waals surface area contributed by atoms with E-state index in [1.54, 1.807) is 0 Å². The maximum atomic E-state index is 13.9. The Morgan fingerprint density at radius 2 is 1.71 bits per heavy atom. The molecule has 0 saturated carbocycles. The highest BCUT2D eigenvalue weighted by molar-refractivity contribution is 7.89. The lowest BCUT2D eigenvalue weighted by Gasteiger charge is -2.30. The fourth-order valence-electron chi connectivity index (χ4n) is 3.22. The number of hydrogen-bond acceptors (Lipinski definition) is 3. The van der Waals surface area contributed by atoms with Crippen molar-refractivity contribution >= 4 is 44.8 Å². The first-order chi connectivity index (χ1) is 14.4. The van der Waals surface area contributed by atoms with Crippen molar-refractivity contribution in [1.82, 2.24) is 4.31 Å². The number of hydrogen-bond donors (Lipinski definition) is 1. The first-order valence-electron chi connectivity index (χ1n) is 9.02. The summed E-state index contributed by atoms with van der Waals surface area (Å²) in [5.74, 6) is -1.77. The van der Waals surface area contributed by atoms with Crippen LogP contribution in [0.4, 0.5) is 23.2 Å². The molecular weight excluding hydrogens is 483 g/mol. The zero-order chi connectivity index (χ0) is 23.0. The summed E-state index contributed by atoms with van der Waals surface area (Å²) in [7, 11) is -4.21. The van der Waals surface area contributed by atoms with Gasteiger partial charge < -0.3 is 5.32 Å². The standard InChI is InChI=1S/C19H16Cl2F4N2O3S/c20-12-1-4-17(16(22)9-12)26-18(28)11-5-7-27(8-6-11)31(29,30)13-2-3-15(21)14(10-13)19(23,24)25/h1-4,9-11H,5-8H2,(H,26,28). The minimum Gasteiger partial charge on any atom is -0.323 e. The lowest BCUT2D eigenvalue weighted by Crippen LogP contribution is -2.41. The Morgan fingerprint density at radius 1 is 1.06 bits per heavy atom. The number of carbonyl (C=O) groups is 1. The Labute approximate surface area is 186 Å². The van der Waals surface area contributed by atoms with Gasteiger partial charge >= 0.3 is 6.18 Å². The lowest BCUT2D eigenvalue weighted by atomic mass is 9.97. The summed E-state index contributed by atoms with van der Waals surface area (Å²) in [6, 6.07) is 6.17. The molecule has 0 aliphatic carbocycles. The van der Waals surface area contributed by atoms with Crippen LogP contribution in [-0.4, -0.2) is 31.7 Å². The van der Waals surface area contributed by atoms with Gasteiger partial charge in [0.2, 0.25) is 15.9 Å². The Hall–Kier alpha value is -1.88. The SMILES string of the molecule is O=C(Nc1ccc(Cl)cc1F)C1CCN(S(=O)(=O)c2ccc(Cl)c(C(F)(F)F)c2)CC1. The van der Waals surface area contributed by atoms with Crippen molar-refractivity contribution in [1.29, 1.82) is 0 Å². The van der Waals surface area contributed by atoms with Crippen LogP contribution in [0.2, 0.25) is 10.0 Å². The quantitative estimate of drug-likeness (QED) is 0.589. The Kier molecular flexibility index (Phi) is 6.85. The van der Waals surface area contributed by atoms with E-state index in [9.17, 15) is 30.8 Å². The molecule has 1 amide bonds. The van der Waals surface area contributed by atoms with Crippen molar-refractivity contribution in [3.05, 3.63) is 57.8 Å². The minimum atomic E-state index is -4.80. The largest absolute Gasteiger partial charge is 0.417 e. The molecule has 0 unspecified atom stereocenters. The van der Waals surface area contributed by atoms with Gasteiger partial charge in [0.15, 0.2) is 0 Å². The molecule has 0 radical (unpaired) electrons. The van der Waals surface area contributed by atoms with Crippen LogP contribution >= 0.6 is 23.2 Å². The van der Waals surface area contributed by atoms with Crippen molar-refractivity contribution in [3.63, 3.8) is 0 Å². The maximum absolute atomic E-state index is 13.9. The van der Waals surface area contributed by atoms with Gasteiger partial charge in [-0.15, -0.1) is 0 Å². The fourth-order valence-corrected chi connectivity index (χ4v) is 5.10. The predicted molar refractivity (Wildman–Crippen MR) is 108 cm³/mol. The average molecular weight is 499 g/mol. The average Bonchev–Trinajstić information content (AvgIpc) is 2.69. The van der Waals surface area contributed by atoms with Gasteiger partial charge in [-0.2, -0.15) is 17.5 Å². The summed E-state index contributed by atoms with van der Waals surface area (Å²) >= 11 is 11.2. The Balaban J connectivity index is 1.69. The number of nitrogens with zero attached hydrogens (tertiary/aromatic N) is 1. The van der Waals surface area contributed by atoms with Gasteiger partial charge in [0.1, 0.15) is 5.82 Å². The molecule has 2 aromatic carbocycles. The molecule has 1 saturated heterocycles. The number of halogens is 6. The van der Waals surface area contributed by atoms with Crippen LogP contribution in [0.15, 0.2) is 41.3 Å². The maximum Gasteiger partial charge on any atom is 0.417 e. The molecule has 0 aromatic heterocycles. The van der Waals surface area contributed by atoms with Crippen molar-refractivity contribution in [3.8, 4) is 0 Å². The van der Waals surface area contributed by atoms with Crippen LogP contribution in [0.25, 0.3) is 0 Å². The van der Waals surface area contributed by atoms with Gasteiger partial charge in [0.25, 0.3) is 0 Å².